The van der Waals surface area contributed by atoms with Crippen molar-refractivity contribution in [3.8, 4) is 5.75 Å². The van der Waals surface area contributed by atoms with Crippen molar-refractivity contribution in [2.75, 3.05) is 11.9 Å². The summed E-state index contributed by atoms with van der Waals surface area (Å²) in [5, 5.41) is 7.43. The number of nitrogens with zero attached hydrogens (tertiary/aromatic N) is 1. The summed E-state index contributed by atoms with van der Waals surface area (Å²) < 4.78 is 45.4. The Balaban J connectivity index is 1.42. The molecule has 3 rings (SSSR count). The Morgan fingerprint density at radius 3 is 2.58 bits per heavy atom. The SMILES string of the molecule is Cc1occc1C(=O)Nc1nc(CC(=O)NCCc2ccc(OC(F)(F)F)cc2)cs1. The lowest BCUT2D eigenvalue weighted by atomic mass is 10.1. The van der Waals surface area contributed by atoms with E-state index in [9.17, 15) is 22.8 Å². The second kappa shape index (κ2) is 9.65. The fraction of sp³-hybridized carbons (Fsp3) is 0.250. The number of anilines is 1. The number of hydrogen-bond donors (Lipinski definition) is 2. The fourth-order valence-corrected chi connectivity index (χ4v) is 3.37. The van der Waals surface area contributed by atoms with E-state index in [-0.39, 0.29) is 24.0 Å². The van der Waals surface area contributed by atoms with Crippen LogP contribution in [0.2, 0.25) is 0 Å². The molecule has 0 spiro atoms. The third-order valence-electron chi connectivity index (χ3n) is 4.11. The van der Waals surface area contributed by atoms with E-state index >= 15 is 0 Å². The second-order valence-corrected chi connectivity index (χ2v) is 7.32. The number of rotatable bonds is 8. The zero-order valence-electron chi connectivity index (χ0n) is 16.3. The normalized spacial score (nSPS) is 11.2. The maximum absolute atomic E-state index is 12.2. The van der Waals surface area contributed by atoms with Gasteiger partial charge in [0.25, 0.3) is 5.91 Å². The molecule has 7 nitrogen and oxygen atoms in total. The van der Waals surface area contributed by atoms with Gasteiger partial charge in [0.15, 0.2) is 5.13 Å². The van der Waals surface area contributed by atoms with Crippen LogP contribution in [0.25, 0.3) is 0 Å². The minimum Gasteiger partial charge on any atom is -0.469 e. The molecule has 164 valence electrons. The molecule has 1 aromatic carbocycles. The van der Waals surface area contributed by atoms with Gasteiger partial charge in [0.05, 0.1) is 23.9 Å². The number of thiazole rings is 1. The average molecular weight is 453 g/mol. The molecule has 2 N–H and O–H groups in total. The standard InChI is InChI=1S/C20H18F3N3O4S/c1-12-16(7-9-29-12)18(28)26-19-25-14(11-31-19)10-17(27)24-8-6-13-2-4-15(5-3-13)30-20(21,22)23/h2-5,7,9,11H,6,8,10H2,1H3,(H,24,27)(H,25,26,28). The molecule has 0 aliphatic carbocycles. The molecule has 31 heavy (non-hydrogen) atoms. The molecule has 11 heteroatoms. The summed E-state index contributed by atoms with van der Waals surface area (Å²) >= 11 is 1.20. The average Bonchev–Trinajstić information content (AvgIpc) is 3.30. The molecular formula is C20H18F3N3O4S. The molecule has 0 saturated heterocycles. The van der Waals surface area contributed by atoms with Gasteiger partial charge in [-0.15, -0.1) is 24.5 Å². The highest BCUT2D eigenvalue weighted by atomic mass is 32.1. The van der Waals surface area contributed by atoms with E-state index in [1.807, 2.05) is 0 Å². The Morgan fingerprint density at radius 2 is 1.94 bits per heavy atom. The van der Waals surface area contributed by atoms with Crippen molar-refractivity contribution in [2.45, 2.75) is 26.1 Å². The van der Waals surface area contributed by atoms with Crippen LogP contribution in [0, 0.1) is 6.92 Å². The van der Waals surface area contributed by atoms with Crippen molar-refractivity contribution >= 4 is 28.3 Å². The third-order valence-corrected chi connectivity index (χ3v) is 4.92. The van der Waals surface area contributed by atoms with E-state index in [2.05, 4.69) is 20.4 Å². The quantitative estimate of drug-likeness (QED) is 0.536. The van der Waals surface area contributed by atoms with Crippen LogP contribution < -0.4 is 15.4 Å². The number of aromatic nitrogens is 1. The lowest BCUT2D eigenvalue weighted by Gasteiger charge is -2.09. The van der Waals surface area contributed by atoms with Gasteiger partial charge < -0.3 is 14.5 Å². The van der Waals surface area contributed by atoms with Crippen LogP contribution >= 0.6 is 11.3 Å². The molecule has 2 amide bonds. The van der Waals surface area contributed by atoms with Crippen LogP contribution in [-0.2, 0) is 17.6 Å². The smallest absolute Gasteiger partial charge is 0.469 e. The van der Waals surface area contributed by atoms with Crippen molar-refractivity contribution < 1.29 is 31.9 Å². The molecule has 3 aromatic rings. The zero-order valence-corrected chi connectivity index (χ0v) is 17.1. The highest BCUT2D eigenvalue weighted by molar-refractivity contribution is 7.14. The molecular weight excluding hydrogens is 435 g/mol. The van der Waals surface area contributed by atoms with Gasteiger partial charge >= 0.3 is 6.36 Å². The minimum atomic E-state index is -4.73. The molecule has 0 saturated carbocycles. The van der Waals surface area contributed by atoms with Crippen LogP contribution in [0.3, 0.4) is 0 Å². The predicted octanol–water partition coefficient (Wildman–Crippen LogP) is 4.10. The Bertz CT molecular complexity index is 1040. The van der Waals surface area contributed by atoms with Crippen LogP contribution in [0.5, 0.6) is 5.75 Å². The van der Waals surface area contributed by atoms with Crippen LogP contribution in [0.1, 0.15) is 27.4 Å². The number of benzene rings is 1. The molecule has 0 bridgehead atoms. The maximum atomic E-state index is 12.2. The van der Waals surface area contributed by atoms with Crippen molar-refractivity contribution in [1.82, 2.24) is 10.3 Å². The number of hydrogen-bond acceptors (Lipinski definition) is 6. The van der Waals surface area contributed by atoms with E-state index in [1.54, 1.807) is 18.4 Å². The summed E-state index contributed by atoms with van der Waals surface area (Å²) in [5.41, 5.74) is 1.67. The Labute approximate surface area is 179 Å². The van der Waals surface area contributed by atoms with Crippen molar-refractivity contribution in [3.63, 3.8) is 0 Å². The lowest BCUT2D eigenvalue weighted by molar-refractivity contribution is -0.274. The molecule has 2 aromatic heterocycles. The predicted molar refractivity (Wildman–Crippen MR) is 107 cm³/mol. The first-order valence-electron chi connectivity index (χ1n) is 9.11. The number of carbonyl (C=O) groups is 2. The van der Waals surface area contributed by atoms with Gasteiger partial charge in [-0.05, 0) is 37.1 Å². The van der Waals surface area contributed by atoms with Crippen LogP contribution in [0.15, 0.2) is 46.4 Å². The summed E-state index contributed by atoms with van der Waals surface area (Å²) in [6.45, 7) is 1.99. The Hall–Kier alpha value is -3.34. The molecule has 0 radical (unpaired) electrons. The number of alkyl halides is 3. The van der Waals surface area contributed by atoms with Crippen molar-refractivity contribution in [3.05, 3.63) is 64.6 Å². The number of nitrogens with one attached hydrogen (secondary N) is 2. The van der Waals surface area contributed by atoms with Gasteiger partial charge in [0.1, 0.15) is 11.5 Å². The molecule has 0 fully saturated rings. The molecule has 0 aliphatic rings. The summed E-state index contributed by atoms with van der Waals surface area (Å²) in [6, 6.07) is 7.01. The third kappa shape index (κ3) is 6.85. The van der Waals surface area contributed by atoms with E-state index < -0.39 is 6.36 Å². The summed E-state index contributed by atoms with van der Waals surface area (Å²) in [7, 11) is 0. The monoisotopic (exact) mass is 453 g/mol. The van der Waals surface area contributed by atoms with Crippen molar-refractivity contribution in [2.24, 2.45) is 0 Å². The van der Waals surface area contributed by atoms with Crippen molar-refractivity contribution in [1.29, 1.82) is 0 Å². The van der Waals surface area contributed by atoms with Gasteiger partial charge in [-0.3, -0.25) is 14.9 Å². The lowest BCUT2D eigenvalue weighted by Crippen LogP contribution is -2.27. The minimum absolute atomic E-state index is 0.0372. The first-order chi connectivity index (χ1) is 14.7. The maximum Gasteiger partial charge on any atom is 0.573 e. The van der Waals surface area contributed by atoms with E-state index in [0.29, 0.717) is 35.1 Å². The number of aryl methyl sites for hydroxylation is 1. The summed E-state index contributed by atoms with van der Waals surface area (Å²) in [6.07, 6.45) is -2.82. The van der Waals surface area contributed by atoms with Gasteiger partial charge in [-0.2, -0.15) is 0 Å². The summed E-state index contributed by atoms with van der Waals surface area (Å²) in [5.74, 6) is -0.403. The van der Waals surface area contributed by atoms with E-state index in [0.717, 1.165) is 5.56 Å². The Morgan fingerprint density at radius 1 is 1.19 bits per heavy atom. The molecule has 0 aliphatic heterocycles. The van der Waals surface area contributed by atoms with Gasteiger partial charge in [0.2, 0.25) is 5.91 Å². The number of furan rings is 1. The van der Waals surface area contributed by atoms with Gasteiger partial charge in [-0.25, -0.2) is 4.98 Å². The van der Waals surface area contributed by atoms with Gasteiger partial charge in [-0.1, -0.05) is 12.1 Å². The summed E-state index contributed by atoms with van der Waals surface area (Å²) in [4.78, 5) is 28.5. The Kier molecular flexibility index (Phi) is 6.95. The molecule has 0 unspecified atom stereocenters. The highest BCUT2D eigenvalue weighted by Gasteiger charge is 2.30. The number of halogens is 3. The van der Waals surface area contributed by atoms with Gasteiger partial charge in [0, 0.05) is 11.9 Å². The van der Waals surface area contributed by atoms with E-state index in [4.69, 9.17) is 4.42 Å². The first kappa shape index (κ1) is 22.3. The number of amides is 2. The molecule has 2 heterocycles. The first-order valence-corrected chi connectivity index (χ1v) is 9.99. The zero-order chi connectivity index (χ0) is 22.4. The number of carbonyl (C=O) groups excluding carboxylic acids is 2. The highest BCUT2D eigenvalue weighted by Crippen LogP contribution is 2.23. The van der Waals surface area contributed by atoms with Crippen LogP contribution in [0.4, 0.5) is 18.3 Å². The largest absolute Gasteiger partial charge is 0.573 e. The van der Waals surface area contributed by atoms with Crippen LogP contribution in [-0.4, -0.2) is 29.7 Å². The number of ether oxygens (including phenoxy) is 1. The van der Waals surface area contributed by atoms with E-state index in [1.165, 1.54) is 41.9 Å². The topological polar surface area (TPSA) is 93.5 Å². The molecule has 0 atom stereocenters. The fourth-order valence-electron chi connectivity index (χ4n) is 2.66. The second-order valence-electron chi connectivity index (χ2n) is 6.46.